The molecular weight excluding hydrogens is 346 g/mol. The first kappa shape index (κ1) is 16.7. The van der Waals surface area contributed by atoms with Crippen LogP contribution in [-0.2, 0) is 4.79 Å². The zero-order valence-electron chi connectivity index (χ0n) is 13.1. The van der Waals surface area contributed by atoms with Crippen molar-refractivity contribution in [3.05, 3.63) is 53.8 Å². The summed E-state index contributed by atoms with van der Waals surface area (Å²) in [5, 5.41) is 4.40. The molecule has 0 saturated carbocycles. The predicted octanol–water partition coefficient (Wildman–Crippen LogP) is 2.70. The van der Waals surface area contributed by atoms with Crippen LogP contribution in [0.25, 0.3) is 11.4 Å². The largest absolute Gasteiger partial charge is 0.481 e. The number of nitrogens with zero attached hydrogens (tertiary/aromatic N) is 3. The lowest BCUT2D eigenvalue weighted by atomic mass is 10.3. The predicted molar refractivity (Wildman–Crippen MR) is 90.8 cm³/mol. The Balaban J connectivity index is 1.53. The van der Waals surface area contributed by atoms with Crippen LogP contribution in [-0.4, -0.2) is 27.1 Å². The van der Waals surface area contributed by atoms with Crippen LogP contribution in [0.15, 0.2) is 53.3 Å². The van der Waals surface area contributed by atoms with E-state index in [2.05, 4.69) is 26.0 Å². The molecular formula is C16H14ClN5O3. The summed E-state index contributed by atoms with van der Waals surface area (Å²) in [4.78, 5) is 20.1. The molecule has 3 aromatic rings. The molecule has 0 bridgehead atoms. The molecule has 1 amide bonds. The Hall–Kier alpha value is -3.13. The highest BCUT2D eigenvalue weighted by atomic mass is 35.5. The Morgan fingerprint density at radius 2 is 1.92 bits per heavy atom. The Bertz CT molecular complexity index is 838. The smallest absolute Gasteiger partial charge is 0.340 e. The van der Waals surface area contributed by atoms with Crippen LogP contribution in [0, 0.1) is 0 Å². The lowest BCUT2D eigenvalue weighted by Gasteiger charge is -2.14. The van der Waals surface area contributed by atoms with Gasteiger partial charge in [-0.15, -0.1) is 0 Å². The number of amides is 1. The number of halogens is 1. The summed E-state index contributed by atoms with van der Waals surface area (Å²) in [5.41, 5.74) is 5.75. The number of benzene rings is 1. The Morgan fingerprint density at radius 3 is 2.64 bits per heavy atom. The van der Waals surface area contributed by atoms with Crippen molar-refractivity contribution in [2.45, 2.75) is 13.0 Å². The summed E-state index contributed by atoms with van der Waals surface area (Å²) in [6.07, 6.45) is 2.50. The van der Waals surface area contributed by atoms with Gasteiger partial charge in [-0.05, 0) is 43.3 Å². The normalized spacial score (nSPS) is 11.6. The fourth-order valence-electron chi connectivity index (χ4n) is 1.88. The van der Waals surface area contributed by atoms with Crippen LogP contribution in [0.4, 0.5) is 6.01 Å². The Labute approximate surface area is 148 Å². The molecule has 0 aliphatic carbocycles. The van der Waals surface area contributed by atoms with Crippen LogP contribution in [0.2, 0.25) is 5.02 Å². The summed E-state index contributed by atoms with van der Waals surface area (Å²) in [5.74, 6) is 0.507. The summed E-state index contributed by atoms with van der Waals surface area (Å²) >= 11 is 5.80. The van der Waals surface area contributed by atoms with Gasteiger partial charge < -0.3 is 9.26 Å². The maximum absolute atomic E-state index is 12.0. The highest BCUT2D eigenvalue weighted by molar-refractivity contribution is 6.30. The number of hydrogen-bond donors (Lipinski definition) is 2. The minimum atomic E-state index is -0.740. The van der Waals surface area contributed by atoms with Crippen LogP contribution in [0.1, 0.15) is 6.92 Å². The minimum Gasteiger partial charge on any atom is -0.481 e. The third kappa shape index (κ3) is 4.45. The van der Waals surface area contributed by atoms with E-state index in [1.807, 2.05) is 0 Å². The number of anilines is 1. The van der Waals surface area contributed by atoms with E-state index in [0.29, 0.717) is 16.6 Å². The molecule has 0 aliphatic rings. The standard InChI is InChI=1S/C16H14ClN5O3/c1-10(24-13-4-2-12(17)3-5-13)15(23)20-21-16-19-14(22-25-16)11-6-8-18-9-7-11/h2-10H,1H3,(H,20,23)(H,19,21,22). The zero-order valence-corrected chi connectivity index (χ0v) is 13.9. The molecule has 2 aromatic heterocycles. The first-order valence-electron chi connectivity index (χ1n) is 7.34. The second kappa shape index (κ2) is 7.63. The van der Waals surface area contributed by atoms with E-state index in [9.17, 15) is 4.79 Å². The van der Waals surface area contributed by atoms with Gasteiger partial charge in [-0.25, -0.2) is 5.43 Å². The van der Waals surface area contributed by atoms with Gasteiger partial charge in [-0.2, -0.15) is 4.98 Å². The van der Waals surface area contributed by atoms with Gasteiger partial charge in [-0.3, -0.25) is 15.2 Å². The minimum absolute atomic E-state index is 0.0545. The molecule has 128 valence electrons. The van der Waals surface area contributed by atoms with Crippen LogP contribution < -0.4 is 15.6 Å². The molecule has 1 atom stereocenters. The topological polar surface area (TPSA) is 102 Å². The first-order chi connectivity index (χ1) is 12.1. The fraction of sp³-hybridized carbons (Fsp3) is 0.125. The van der Waals surface area contributed by atoms with Crippen molar-refractivity contribution in [2.75, 3.05) is 5.43 Å². The first-order valence-corrected chi connectivity index (χ1v) is 7.72. The molecule has 3 rings (SSSR count). The van der Waals surface area contributed by atoms with Gasteiger partial charge in [0.15, 0.2) is 6.10 Å². The molecule has 9 heteroatoms. The summed E-state index contributed by atoms with van der Waals surface area (Å²) in [6, 6.07) is 10.3. The van der Waals surface area contributed by atoms with E-state index in [1.165, 1.54) is 0 Å². The molecule has 0 radical (unpaired) electrons. The van der Waals surface area contributed by atoms with Gasteiger partial charge in [-0.1, -0.05) is 16.8 Å². The highest BCUT2D eigenvalue weighted by Crippen LogP contribution is 2.17. The Morgan fingerprint density at radius 1 is 1.20 bits per heavy atom. The number of nitrogens with one attached hydrogen (secondary N) is 2. The van der Waals surface area contributed by atoms with Crippen LogP contribution >= 0.6 is 11.6 Å². The maximum atomic E-state index is 12.0. The third-order valence-electron chi connectivity index (χ3n) is 3.15. The Kier molecular flexibility index (Phi) is 5.10. The average Bonchev–Trinajstić information content (AvgIpc) is 3.11. The van der Waals surface area contributed by atoms with Gasteiger partial charge in [0.2, 0.25) is 5.82 Å². The van der Waals surface area contributed by atoms with Gasteiger partial charge in [0, 0.05) is 23.0 Å². The molecule has 0 spiro atoms. The lowest BCUT2D eigenvalue weighted by Crippen LogP contribution is -2.39. The number of carbonyl (C=O) groups excluding carboxylic acids is 1. The maximum Gasteiger partial charge on any atom is 0.340 e. The third-order valence-corrected chi connectivity index (χ3v) is 3.40. The molecule has 8 nitrogen and oxygen atoms in total. The molecule has 0 aliphatic heterocycles. The van der Waals surface area contributed by atoms with Crippen molar-refractivity contribution >= 4 is 23.5 Å². The van der Waals surface area contributed by atoms with Gasteiger partial charge >= 0.3 is 6.01 Å². The van der Waals surface area contributed by atoms with Crippen molar-refractivity contribution < 1.29 is 14.1 Å². The molecule has 1 unspecified atom stereocenters. The van der Waals surface area contributed by atoms with Crippen molar-refractivity contribution in [1.29, 1.82) is 0 Å². The molecule has 25 heavy (non-hydrogen) atoms. The molecule has 1 aromatic carbocycles. The molecule has 2 N–H and O–H groups in total. The van der Waals surface area contributed by atoms with Crippen LogP contribution in [0.5, 0.6) is 5.75 Å². The van der Waals surface area contributed by atoms with Crippen molar-refractivity contribution in [2.24, 2.45) is 0 Å². The number of rotatable bonds is 6. The quantitative estimate of drug-likeness (QED) is 0.652. The second-order valence-electron chi connectivity index (χ2n) is 4.99. The van der Waals surface area contributed by atoms with Crippen molar-refractivity contribution in [1.82, 2.24) is 20.6 Å². The fourth-order valence-corrected chi connectivity index (χ4v) is 2.01. The summed E-state index contributed by atoms with van der Waals surface area (Å²) in [6.45, 7) is 1.61. The number of aromatic nitrogens is 3. The van der Waals surface area contributed by atoms with E-state index in [1.54, 1.807) is 55.7 Å². The van der Waals surface area contributed by atoms with Gasteiger partial charge in [0.05, 0.1) is 0 Å². The molecule has 0 saturated heterocycles. The number of ether oxygens (including phenoxy) is 1. The molecule has 0 fully saturated rings. The van der Waals surface area contributed by atoms with Gasteiger partial charge in [0.25, 0.3) is 5.91 Å². The van der Waals surface area contributed by atoms with E-state index >= 15 is 0 Å². The monoisotopic (exact) mass is 359 g/mol. The number of pyridine rings is 1. The van der Waals surface area contributed by atoms with Crippen molar-refractivity contribution in [3.8, 4) is 17.1 Å². The molecule has 2 heterocycles. The number of hydrazine groups is 1. The van der Waals surface area contributed by atoms with E-state index in [4.69, 9.17) is 20.9 Å². The lowest BCUT2D eigenvalue weighted by molar-refractivity contribution is -0.126. The van der Waals surface area contributed by atoms with Crippen LogP contribution in [0.3, 0.4) is 0 Å². The average molecular weight is 360 g/mol. The number of hydrogen-bond acceptors (Lipinski definition) is 7. The summed E-state index contributed by atoms with van der Waals surface area (Å²) < 4.78 is 10.5. The van der Waals surface area contributed by atoms with E-state index in [0.717, 1.165) is 5.56 Å². The van der Waals surface area contributed by atoms with Gasteiger partial charge in [0.1, 0.15) is 5.75 Å². The highest BCUT2D eigenvalue weighted by Gasteiger charge is 2.16. The second-order valence-corrected chi connectivity index (χ2v) is 5.42. The SMILES string of the molecule is CC(Oc1ccc(Cl)cc1)C(=O)NNc1nc(-c2ccncc2)no1. The van der Waals surface area contributed by atoms with Crippen molar-refractivity contribution in [3.63, 3.8) is 0 Å². The van der Waals surface area contributed by atoms with E-state index < -0.39 is 12.0 Å². The number of carbonyl (C=O) groups is 1. The summed E-state index contributed by atoms with van der Waals surface area (Å²) in [7, 11) is 0. The van der Waals surface area contributed by atoms with E-state index in [-0.39, 0.29) is 6.01 Å². The zero-order chi connectivity index (χ0) is 17.6.